The highest BCUT2D eigenvalue weighted by Crippen LogP contribution is 2.17. The van der Waals surface area contributed by atoms with E-state index >= 15 is 0 Å². The Labute approximate surface area is 113 Å². The molecule has 7 nitrogen and oxygen atoms in total. The summed E-state index contributed by atoms with van der Waals surface area (Å²) < 4.78 is 26.0. The second kappa shape index (κ2) is 4.90. The van der Waals surface area contributed by atoms with Gasteiger partial charge in [0, 0.05) is 11.1 Å². The van der Waals surface area contributed by atoms with Gasteiger partial charge in [-0.1, -0.05) is 11.6 Å². The van der Waals surface area contributed by atoms with Crippen LogP contribution < -0.4 is 4.72 Å². The molecular formula is C10H8ClN3O4S. The number of halogens is 1. The van der Waals surface area contributed by atoms with E-state index in [1.54, 1.807) is 0 Å². The van der Waals surface area contributed by atoms with Crippen LogP contribution in [0.3, 0.4) is 0 Å². The van der Waals surface area contributed by atoms with E-state index < -0.39 is 16.0 Å². The Hall–Kier alpha value is -2.06. The molecule has 9 heteroatoms. The third kappa shape index (κ3) is 3.04. The SMILES string of the molecule is O=C(O)c1cc(NS(=O)(=O)c2ccc(Cl)cc2)n[nH]1. The first-order valence-corrected chi connectivity index (χ1v) is 6.82. The number of hydrogen-bond donors (Lipinski definition) is 3. The lowest BCUT2D eigenvalue weighted by Crippen LogP contribution is -2.13. The number of carboxylic acid groups (broad SMARTS) is 1. The van der Waals surface area contributed by atoms with Gasteiger partial charge in [0.1, 0.15) is 5.69 Å². The van der Waals surface area contributed by atoms with Crippen LogP contribution in [0.15, 0.2) is 35.2 Å². The van der Waals surface area contributed by atoms with Gasteiger partial charge in [-0.25, -0.2) is 13.2 Å². The first kappa shape index (κ1) is 13.4. The number of aromatic carboxylic acids is 1. The first-order chi connectivity index (χ1) is 8.88. The number of sulfonamides is 1. The molecule has 2 aromatic rings. The second-order valence-corrected chi connectivity index (χ2v) is 5.65. The zero-order valence-corrected chi connectivity index (χ0v) is 10.9. The lowest BCUT2D eigenvalue weighted by Gasteiger charge is -2.04. The number of H-pyrrole nitrogens is 1. The molecule has 0 spiro atoms. The summed E-state index contributed by atoms with van der Waals surface area (Å²) in [5, 5.41) is 14.8. The molecule has 0 aliphatic heterocycles. The maximum Gasteiger partial charge on any atom is 0.353 e. The zero-order chi connectivity index (χ0) is 14.0. The third-order valence-electron chi connectivity index (χ3n) is 2.17. The molecule has 0 saturated heterocycles. The molecule has 0 bridgehead atoms. The van der Waals surface area contributed by atoms with E-state index in [-0.39, 0.29) is 16.4 Å². The predicted molar refractivity (Wildman–Crippen MR) is 67.8 cm³/mol. The molecule has 0 saturated carbocycles. The van der Waals surface area contributed by atoms with Gasteiger partial charge >= 0.3 is 5.97 Å². The molecular weight excluding hydrogens is 294 g/mol. The molecule has 1 aromatic carbocycles. The predicted octanol–water partition coefficient (Wildman–Crippen LogP) is 1.56. The van der Waals surface area contributed by atoms with E-state index in [9.17, 15) is 13.2 Å². The lowest BCUT2D eigenvalue weighted by atomic mass is 10.4. The van der Waals surface area contributed by atoms with Gasteiger partial charge < -0.3 is 5.11 Å². The monoisotopic (exact) mass is 301 g/mol. The Balaban J connectivity index is 2.25. The number of aromatic nitrogens is 2. The standard InChI is InChI=1S/C10H8ClN3O4S/c11-6-1-3-7(4-2-6)19(17,18)14-9-5-8(10(15)16)12-13-9/h1-5H,(H,15,16)(H2,12,13,14). The van der Waals surface area contributed by atoms with Crippen LogP contribution in [0.1, 0.15) is 10.5 Å². The highest BCUT2D eigenvalue weighted by atomic mass is 35.5. The number of benzene rings is 1. The molecule has 19 heavy (non-hydrogen) atoms. The molecule has 3 N–H and O–H groups in total. The molecule has 0 atom stereocenters. The Kier molecular flexibility index (Phi) is 3.45. The number of nitrogens with zero attached hydrogens (tertiary/aromatic N) is 1. The largest absolute Gasteiger partial charge is 0.477 e. The van der Waals surface area contributed by atoms with Crippen LogP contribution in [0.4, 0.5) is 5.82 Å². The summed E-state index contributed by atoms with van der Waals surface area (Å²) in [6, 6.07) is 6.60. The van der Waals surface area contributed by atoms with Crippen molar-refractivity contribution in [3.8, 4) is 0 Å². The topological polar surface area (TPSA) is 112 Å². The summed E-state index contributed by atoms with van der Waals surface area (Å²) in [5.41, 5.74) is -0.214. The van der Waals surface area contributed by atoms with E-state index in [1.165, 1.54) is 24.3 Å². The quantitative estimate of drug-likeness (QED) is 0.793. The van der Waals surface area contributed by atoms with E-state index in [0.717, 1.165) is 6.07 Å². The van der Waals surface area contributed by atoms with Crippen molar-refractivity contribution in [2.75, 3.05) is 4.72 Å². The van der Waals surface area contributed by atoms with Crippen molar-refractivity contribution in [1.82, 2.24) is 10.2 Å². The molecule has 0 unspecified atom stereocenters. The van der Waals surface area contributed by atoms with Gasteiger partial charge in [-0.05, 0) is 24.3 Å². The number of carboxylic acids is 1. The number of carbonyl (C=O) groups is 1. The highest BCUT2D eigenvalue weighted by Gasteiger charge is 2.16. The van der Waals surface area contributed by atoms with Crippen molar-refractivity contribution in [2.45, 2.75) is 4.90 Å². The van der Waals surface area contributed by atoms with Gasteiger partial charge in [0.2, 0.25) is 0 Å². The van der Waals surface area contributed by atoms with Crippen molar-refractivity contribution in [3.63, 3.8) is 0 Å². The van der Waals surface area contributed by atoms with Gasteiger partial charge in [-0.3, -0.25) is 9.82 Å². The van der Waals surface area contributed by atoms with Gasteiger partial charge in [-0.2, -0.15) is 5.10 Å². The normalized spacial score (nSPS) is 11.2. The molecule has 1 heterocycles. The summed E-state index contributed by atoms with van der Waals surface area (Å²) in [5.74, 6) is -1.34. The lowest BCUT2D eigenvalue weighted by molar-refractivity contribution is 0.0690. The second-order valence-electron chi connectivity index (χ2n) is 3.53. The van der Waals surface area contributed by atoms with Gasteiger partial charge in [0.25, 0.3) is 10.0 Å². The van der Waals surface area contributed by atoms with E-state index in [4.69, 9.17) is 16.7 Å². The fourth-order valence-electron chi connectivity index (χ4n) is 1.29. The Bertz CT molecular complexity index is 709. The number of rotatable bonds is 4. The molecule has 2 rings (SSSR count). The fourth-order valence-corrected chi connectivity index (χ4v) is 2.41. The van der Waals surface area contributed by atoms with Crippen LogP contribution >= 0.6 is 11.6 Å². The first-order valence-electron chi connectivity index (χ1n) is 4.95. The number of hydrogen-bond acceptors (Lipinski definition) is 4. The van der Waals surface area contributed by atoms with Crippen molar-refractivity contribution in [1.29, 1.82) is 0 Å². The number of aromatic amines is 1. The number of nitrogens with one attached hydrogen (secondary N) is 2. The average molecular weight is 302 g/mol. The zero-order valence-electron chi connectivity index (χ0n) is 9.29. The van der Waals surface area contributed by atoms with Crippen LogP contribution in [0.25, 0.3) is 0 Å². The summed E-state index contributed by atoms with van der Waals surface area (Å²) in [6.07, 6.45) is 0. The van der Waals surface area contributed by atoms with Crippen molar-refractivity contribution in [3.05, 3.63) is 41.0 Å². The Morgan fingerprint density at radius 3 is 2.47 bits per heavy atom. The van der Waals surface area contributed by atoms with Crippen LogP contribution in [-0.4, -0.2) is 29.7 Å². The van der Waals surface area contributed by atoms with E-state index in [2.05, 4.69) is 14.9 Å². The number of anilines is 1. The molecule has 100 valence electrons. The molecule has 0 aliphatic rings. The highest BCUT2D eigenvalue weighted by molar-refractivity contribution is 7.92. The molecule has 1 aromatic heterocycles. The summed E-state index contributed by atoms with van der Waals surface area (Å²) >= 11 is 5.66. The Morgan fingerprint density at radius 2 is 1.95 bits per heavy atom. The smallest absolute Gasteiger partial charge is 0.353 e. The molecule has 0 fully saturated rings. The van der Waals surface area contributed by atoms with Crippen molar-refractivity contribution < 1.29 is 18.3 Å². The van der Waals surface area contributed by atoms with Crippen LogP contribution in [0, 0.1) is 0 Å². The summed E-state index contributed by atoms with van der Waals surface area (Å²) in [6.45, 7) is 0. The average Bonchev–Trinajstić information content (AvgIpc) is 2.77. The summed E-state index contributed by atoms with van der Waals surface area (Å²) in [7, 11) is -3.83. The van der Waals surface area contributed by atoms with Crippen LogP contribution in [-0.2, 0) is 10.0 Å². The van der Waals surface area contributed by atoms with Crippen molar-refractivity contribution in [2.24, 2.45) is 0 Å². The molecule has 0 aliphatic carbocycles. The minimum Gasteiger partial charge on any atom is -0.477 e. The molecule has 0 radical (unpaired) electrons. The van der Waals surface area contributed by atoms with Crippen molar-refractivity contribution >= 4 is 33.4 Å². The van der Waals surface area contributed by atoms with Gasteiger partial charge in [-0.15, -0.1) is 0 Å². The maximum atomic E-state index is 11.9. The summed E-state index contributed by atoms with van der Waals surface area (Å²) in [4.78, 5) is 10.6. The fraction of sp³-hybridized carbons (Fsp3) is 0. The third-order valence-corrected chi connectivity index (χ3v) is 3.79. The van der Waals surface area contributed by atoms with Crippen LogP contribution in [0.2, 0.25) is 5.02 Å². The minimum absolute atomic E-state index is 0.00299. The maximum absolute atomic E-state index is 11.9. The van der Waals surface area contributed by atoms with Gasteiger partial charge in [0.15, 0.2) is 5.82 Å². The van der Waals surface area contributed by atoms with Crippen LogP contribution in [0.5, 0.6) is 0 Å². The molecule has 0 amide bonds. The van der Waals surface area contributed by atoms with Gasteiger partial charge in [0.05, 0.1) is 4.90 Å². The van der Waals surface area contributed by atoms with E-state index in [0.29, 0.717) is 5.02 Å². The van der Waals surface area contributed by atoms with E-state index in [1.807, 2.05) is 0 Å². The minimum atomic E-state index is -3.83. The Morgan fingerprint density at radius 1 is 1.32 bits per heavy atom.